The number of hydrogen-bond donors (Lipinski definition) is 3. The smallest absolute Gasteiger partial charge is 0.142 e. The van der Waals surface area contributed by atoms with Gasteiger partial charge in [-0.1, -0.05) is 12.1 Å². The van der Waals surface area contributed by atoms with E-state index < -0.39 is 0 Å². The van der Waals surface area contributed by atoms with E-state index in [1.54, 1.807) is 7.05 Å². The number of aromatic nitrogens is 2. The number of nitrogens with zero attached hydrogens (tertiary/aromatic N) is 3. The maximum atomic E-state index is 6.01. The Labute approximate surface area is 176 Å². The molecule has 1 saturated heterocycles. The van der Waals surface area contributed by atoms with Gasteiger partial charge >= 0.3 is 0 Å². The van der Waals surface area contributed by atoms with Gasteiger partial charge in [0.2, 0.25) is 0 Å². The van der Waals surface area contributed by atoms with Crippen molar-refractivity contribution in [3.63, 3.8) is 0 Å². The molecule has 30 heavy (non-hydrogen) atoms. The van der Waals surface area contributed by atoms with Crippen LogP contribution in [0.5, 0.6) is 5.75 Å². The first-order chi connectivity index (χ1) is 14.8. The van der Waals surface area contributed by atoms with Gasteiger partial charge in [-0.3, -0.25) is 15.0 Å². The summed E-state index contributed by atoms with van der Waals surface area (Å²) in [5.74, 6) is 1.62. The molecule has 2 heterocycles. The first-order valence-electron chi connectivity index (χ1n) is 10.2. The number of rotatable bonds is 7. The van der Waals surface area contributed by atoms with E-state index in [2.05, 4.69) is 43.1 Å². The molecule has 1 aliphatic heterocycles. The molecule has 8 heteroatoms. The van der Waals surface area contributed by atoms with E-state index in [1.165, 1.54) is 0 Å². The van der Waals surface area contributed by atoms with E-state index >= 15 is 0 Å². The van der Waals surface area contributed by atoms with Crippen LogP contribution in [-0.2, 0) is 4.74 Å². The zero-order chi connectivity index (χ0) is 20.8. The molecule has 0 atom stereocenters. The summed E-state index contributed by atoms with van der Waals surface area (Å²) in [7, 11) is 3.58. The first kappa shape index (κ1) is 20.3. The lowest BCUT2D eigenvalue weighted by molar-refractivity contribution is 0.0322. The number of H-pyrrole nitrogens is 1. The number of hydrogen-bond acceptors (Lipinski definition) is 6. The fourth-order valence-corrected chi connectivity index (χ4v) is 3.61. The summed E-state index contributed by atoms with van der Waals surface area (Å²) in [6.07, 6.45) is 0. The molecule has 0 radical (unpaired) electrons. The largest absolute Gasteiger partial charge is 0.492 e. The van der Waals surface area contributed by atoms with Gasteiger partial charge in [-0.2, -0.15) is 5.10 Å². The highest BCUT2D eigenvalue weighted by atomic mass is 16.5. The lowest BCUT2D eigenvalue weighted by Gasteiger charge is -2.26. The summed E-state index contributed by atoms with van der Waals surface area (Å²) >= 11 is 0. The zero-order valence-corrected chi connectivity index (χ0v) is 17.4. The van der Waals surface area contributed by atoms with Crippen LogP contribution in [-0.4, -0.2) is 74.5 Å². The molecule has 0 amide bonds. The SMILES string of the molecule is CN=C(NNC)c1ccc2[nH]nc(-c3cccc(OCCN4CCOCC4)c3)c2c1. The van der Waals surface area contributed by atoms with Crippen LogP contribution in [0.2, 0.25) is 0 Å². The second-order valence-corrected chi connectivity index (χ2v) is 7.11. The van der Waals surface area contributed by atoms with Crippen molar-refractivity contribution in [3.8, 4) is 17.0 Å². The quantitative estimate of drug-likeness (QED) is 0.315. The molecule has 1 fully saturated rings. The van der Waals surface area contributed by atoms with Crippen molar-refractivity contribution in [3.05, 3.63) is 48.0 Å². The molecule has 0 saturated carbocycles. The molecule has 8 nitrogen and oxygen atoms in total. The third kappa shape index (κ3) is 4.62. The fraction of sp³-hybridized carbons (Fsp3) is 0.364. The fourth-order valence-electron chi connectivity index (χ4n) is 3.61. The lowest BCUT2D eigenvalue weighted by atomic mass is 10.0. The highest BCUT2D eigenvalue weighted by molar-refractivity contribution is 6.03. The molecule has 0 bridgehead atoms. The van der Waals surface area contributed by atoms with Crippen molar-refractivity contribution in [1.82, 2.24) is 25.9 Å². The van der Waals surface area contributed by atoms with E-state index in [9.17, 15) is 0 Å². The number of aromatic amines is 1. The molecule has 158 valence electrons. The van der Waals surface area contributed by atoms with Gasteiger partial charge in [0.05, 0.1) is 18.7 Å². The molecule has 1 aromatic heterocycles. The Hall–Kier alpha value is -2.94. The van der Waals surface area contributed by atoms with Crippen LogP contribution in [0.25, 0.3) is 22.2 Å². The summed E-state index contributed by atoms with van der Waals surface area (Å²) in [5, 5.41) is 8.72. The van der Waals surface area contributed by atoms with Gasteiger partial charge in [0.15, 0.2) is 0 Å². The summed E-state index contributed by atoms with van der Waals surface area (Å²) in [6.45, 7) is 5.10. The number of morpholine rings is 1. The van der Waals surface area contributed by atoms with Gasteiger partial charge in [0, 0.05) is 50.2 Å². The standard InChI is InChI=1S/C22H28N6O2/c1-23-22(27-24-2)17-6-7-20-19(15-17)21(26-25-20)16-4-3-5-18(14-16)30-13-10-28-8-11-29-12-9-28/h3-7,14-15,24H,8-13H2,1-2H3,(H,23,27)(H,25,26). The molecule has 1 aliphatic rings. The Morgan fingerprint density at radius 3 is 2.90 bits per heavy atom. The first-order valence-corrected chi connectivity index (χ1v) is 10.2. The van der Waals surface area contributed by atoms with Crippen molar-refractivity contribution in [2.75, 3.05) is 53.6 Å². The Kier molecular flexibility index (Phi) is 6.58. The van der Waals surface area contributed by atoms with Crippen LogP contribution >= 0.6 is 0 Å². The van der Waals surface area contributed by atoms with Crippen LogP contribution in [0.15, 0.2) is 47.5 Å². The summed E-state index contributed by atoms with van der Waals surface area (Å²) in [4.78, 5) is 6.67. The summed E-state index contributed by atoms with van der Waals surface area (Å²) in [6, 6.07) is 14.2. The average Bonchev–Trinajstić information content (AvgIpc) is 3.22. The average molecular weight is 409 g/mol. The van der Waals surface area contributed by atoms with Gasteiger partial charge in [0.25, 0.3) is 0 Å². The second kappa shape index (κ2) is 9.71. The predicted octanol–water partition coefficient (Wildman–Crippen LogP) is 2.04. The number of hydrazine groups is 1. The van der Waals surface area contributed by atoms with Crippen LogP contribution in [0.3, 0.4) is 0 Å². The molecular weight excluding hydrogens is 380 g/mol. The highest BCUT2D eigenvalue weighted by Crippen LogP contribution is 2.29. The predicted molar refractivity (Wildman–Crippen MR) is 119 cm³/mol. The molecule has 0 unspecified atom stereocenters. The van der Waals surface area contributed by atoms with E-state index in [0.29, 0.717) is 6.61 Å². The topological polar surface area (TPSA) is 86.8 Å². The number of ether oxygens (including phenoxy) is 2. The van der Waals surface area contributed by atoms with E-state index in [0.717, 1.165) is 72.2 Å². The number of benzene rings is 2. The van der Waals surface area contributed by atoms with Crippen LogP contribution in [0.4, 0.5) is 0 Å². The van der Waals surface area contributed by atoms with Gasteiger partial charge in [-0.15, -0.1) is 0 Å². The van der Waals surface area contributed by atoms with Crippen LogP contribution in [0.1, 0.15) is 5.56 Å². The third-order valence-electron chi connectivity index (χ3n) is 5.19. The van der Waals surface area contributed by atoms with Crippen LogP contribution in [0, 0.1) is 0 Å². The van der Waals surface area contributed by atoms with E-state index in [1.807, 2.05) is 37.4 Å². The number of aliphatic imine (C=N–C) groups is 1. The molecular formula is C22H28N6O2. The van der Waals surface area contributed by atoms with Crippen molar-refractivity contribution >= 4 is 16.7 Å². The summed E-state index contributed by atoms with van der Waals surface area (Å²) < 4.78 is 11.4. The number of fused-ring (bicyclic) bond motifs is 1. The van der Waals surface area contributed by atoms with Gasteiger partial charge in [-0.25, -0.2) is 5.43 Å². The second-order valence-electron chi connectivity index (χ2n) is 7.11. The normalized spacial score (nSPS) is 15.5. The minimum absolute atomic E-state index is 0.654. The highest BCUT2D eigenvalue weighted by Gasteiger charge is 2.13. The molecule has 0 aliphatic carbocycles. The van der Waals surface area contributed by atoms with Crippen molar-refractivity contribution < 1.29 is 9.47 Å². The van der Waals surface area contributed by atoms with Crippen molar-refractivity contribution in [2.24, 2.45) is 4.99 Å². The summed E-state index contributed by atoms with van der Waals surface area (Å²) in [5.41, 5.74) is 9.86. The van der Waals surface area contributed by atoms with Crippen molar-refractivity contribution in [2.45, 2.75) is 0 Å². The Balaban J connectivity index is 1.52. The molecule has 0 spiro atoms. The maximum absolute atomic E-state index is 6.01. The minimum Gasteiger partial charge on any atom is -0.492 e. The van der Waals surface area contributed by atoms with Gasteiger partial charge in [-0.05, 0) is 30.3 Å². The maximum Gasteiger partial charge on any atom is 0.142 e. The Morgan fingerprint density at radius 2 is 2.10 bits per heavy atom. The van der Waals surface area contributed by atoms with E-state index in [-0.39, 0.29) is 0 Å². The Morgan fingerprint density at radius 1 is 1.23 bits per heavy atom. The van der Waals surface area contributed by atoms with Gasteiger partial charge < -0.3 is 14.9 Å². The van der Waals surface area contributed by atoms with Gasteiger partial charge in [0.1, 0.15) is 23.9 Å². The molecule has 3 N–H and O–H groups in total. The third-order valence-corrected chi connectivity index (χ3v) is 5.19. The monoisotopic (exact) mass is 408 g/mol. The molecule has 2 aromatic carbocycles. The lowest BCUT2D eigenvalue weighted by Crippen LogP contribution is -2.38. The minimum atomic E-state index is 0.654. The Bertz CT molecular complexity index is 1010. The van der Waals surface area contributed by atoms with E-state index in [4.69, 9.17) is 9.47 Å². The molecule has 4 rings (SSSR count). The van der Waals surface area contributed by atoms with Crippen molar-refractivity contribution in [1.29, 1.82) is 0 Å². The number of nitrogens with one attached hydrogen (secondary N) is 3. The molecule has 3 aromatic rings. The van der Waals surface area contributed by atoms with Crippen LogP contribution < -0.4 is 15.6 Å². The zero-order valence-electron chi connectivity index (χ0n) is 17.4. The number of amidine groups is 1.